The summed E-state index contributed by atoms with van der Waals surface area (Å²) < 4.78 is 7.54. The molecule has 1 aliphatic rings. The van der Waals surface area contributed by atoms with E-state index in [-0.39, 0.29) is 6.04 Å². The summed E-state index contributed by atoms with van der Waals surface area (Å²) in [5.74, 6) is 1.81. The molecule has 1 aliphatic carbocycles. The molecular formula is C18H24N6O. The lowest BCUT2D eigenvalue weighted by molar-refractivity contribution is 0.418. The number of fused-ring (bicyclic) bond motifs is 1. The first-order chi connectivity index (χ1) is 12.1. The van der Waals surface area contributed by atoms with Crippen molar-refractivity contribution in [1.29, 1.82) is 0 Å². The number of rotatable bonds is 6. The second kappa shape index (κ2) is 6.22. The van der Waals surface area contributed by atoms with Crippen molar-refractivity contribution in [2.75, 3.05) is 7.05 Å². The maximum absolute atomic E-state index is 5.58. The third-order valence-corrected chi connectivity index (χ3v) is 4.75. The predicted octanol–water partition coefficient (Wildman–Crippen LogP) is 3.09. The van der Waals surface area contributed by atoms with Gasteiger partial charge in [-0.15, -0.1) is 0 Å². The fourth-order valence-electron chi connectivity index (χ4n) is 3.00. The number of nitrogens with zero attached hydrogens (tertiary/aromatic N) is 5. The van der Waals surface area contributed by atoms with Crippen molar-refractivity contribution in [1.82, 2.24) is 30.2 Å². The molecule has 25 heavy (non-hydrogen) atoms. The summed E-state index contributed by atoms with van der Waals surface area (Å²) in [6.07, 6.45) is 4.98. The van der Waals surface area contributed by atoms with E-state index in [4.69, 9.17) is 9.51 Å². The van der Waals surface area contributed by atoms with E-state index in [1.807, 2.05) is 17.9 Å². The summed E-state index contributed by atoms with van der Waals surface area (Å²) in [6.45, 7) is 6.32. The zero-order valence-electron chi connectivity index (χ0n) is 15.2. The molecule has 0 radical (unpaired) electrons. The Balaban J connectivity index is 1.80. The van der Waals surface area contributed by atoms with Gasteiger partial charge < -0.3 is 9.84 Å². The van der Waals surface area contributed by atoms with Crippen molar-refractivity contribution in [3.8, 4) is 11.5 Å². The van der Waals surface area contributed by atoms with E-state index in [0.717, 1.165) is 28.7 Å². The number of aromatic nitrogens is 5. The van der Waals surface area contributed by atoms with E-state index in [1.54, 1.807) is 0 Å². The zero-order chi connectivity index (χ0) is 17.6. The zero-order valence-corrected chi connectivity index (χ0v) is 15.2. The van der Waals surface area contributed by atoms with E-state index in [2.05, 4.69) is 47.4 Å². The minimum atomic E-state index is 0.252. The highest BCUT2D eigenvalue weighted by Gasteiger charge is 2.28. The van der Waals surface area contributed by atoms with E-state index in [9.17, 15) is 0 Å². The van der Waals surface area contributed by atoms with E-state index in [1.165, 1.54) is 12.8 Å². The Bertz CT molecular complexity index is 892. The quantitative estimate of drug-likeness (QED) is 0.742. The second-order valence-corrected chi connectivity index (χ2v) is 7.20. The second-order valence-electron chi connectivity index (χ2n) is 7.20. The summed E-state index contributed by atoms with van der Waals surface area (Å²) in [5, 5.41) is 12.8. The number of pyridine rings is 1. The summed E-state index contributed by atoms with van der Waals surface area (Å²) in [5.41, 5.74) is 2.95. The van der Waals surface area contributed by atoms with Gasteiger partial charge in [0, 0.05) is 30.1 Å². The number of hydrogen-bond acceptors (Lipinski definition) is 6. The molecule has 0 spiro atoms. The van der Waals surface area contributed by atoms with Gasteiger partial charge in [-0.1, -0.05) is 5.16 Å². The van der Waals surface area contributed by atoms with Crippen molar-refractivity contribution < 1.29 is 4.52 Å². The van der Waals surface area contributed by atoms with Crippen LogP contribution in [0.2, 0.25) is 0 Å². The number of nitrogens with one attached hydrogen (secondary N) is 1. The molecule has 7 heteroatoms. The van der Waals surface area contributed by atoms with Crippen LogP contribution in [0.25, 0.3) is 22.5 Å². The molecule has 3 aromatic rings. The molecule has 7 nitrogen and oxygen atoms in total. The van der Waals surface area contributed by atoms with Crippen LogP contribution in [0.4, 0.5) is 0 Å². The topological polar surface area (TPSA) is 81.7 Å². The van der Waals surface area contributed by atoms with Gasteiger partial charge in [0.05, 0.1) is 17.1 Å². The summed E-state index contributed by atoms with van der Waals surface area (Å²) >= 11 is 0. The SMILES string of the molecule is CNC(C)Cc1noc(-c2cc(C3CC3)nc3c2cnn3C(C)C)n1. The lowest BCUT2D eigenvalue weighted by Crippen LogP contribution is -2.24. The van der Waals surface area contributed by atoms with Gasteiger partial charge >= 0.3 is 0 Å². The normalized spacial score (nSPS) is 16.0. The van der Waals surface area contributed by atoms with Gasteiger partial charge in [0.2, 0.25) is 0 Å². The van der Waals surface area contributed by atoms with Crippen molar-refractivity contribution >= 4 is 11.0 Å². The van der Waals surface area contributed by atoms with Crippen LogP contribution in [0.5, 0.6) is 0 Å². The number of hydrogen-bond donors (Lipinski definition) is 1. The average molecular weight is 340 g/mol. The van der Waals surface area contributed by atoms with Crippen molar-refractivity contribution in [3.05, 3.63) is 23.8 Å². The summed E-state index contributed by atoms with van der Waals surface area (Å²) in [7, 11) is 1.93. The van der Waals surface area contributed by atoms with Crippen molar-refractivity contribution in [2.45, 2.75) is 58.0 Å². The Kier molecular flexibility index (Phi) is 4.03. The Hall–Kier alpha value is -2.28. The first-order valence-corrected chi connectivity index (χ1v) is 8.95. The fourth-order valence-corrected chi connectivity index (χ4v) is 3.00. The molecule has 0 saturated heterocycles. The average Bonchev–Trinajstić information content (AvgIpc) is 3.19. The van der Waals surface area contributed by atoms with E-state index < -0.39 is 0 Å². The van der Waals surface area contributed by atoms with Crippen LogP contribution >= 0.6 is 0 Å². The largest absolute Gasteiger partial charge is 0.334 e. The molecule has 0 aromatic carbocycles. The molecule has 0 bridgehead atoms. The molecule has 1 N–H and O–H groups in total. The van der Waals surface area contributed by atoms with Crippen molar-refractivity contribution in [2.24, 2.45) is 0 Å². The highest BCUT2D eigenvalue weighted by Crippen LogP contribution is 2.41. The maximum Gasteiger partial charge on any atom is 0.258 e. The van der Waals surface area contributed by atoms with Gasteiger partial charge in [-0.25, -0.2) is 9.67 Å². The van der Waals surface area contributed by atoms with E-state index in [0.29, 0.717) is 23.7 Å². The first kappa shape index (κ1) is 16.2. The Morgan fingerprint density at radius 3 is 2.76 bits per heavy atom. The third-order valence-electron chi connectivity index (χ3n) is 4.75. The van der Waals surface area contributed by atoms with Crippen LogP contribution in [-0.2, 0) is 6.42 Å². The molecule has 0 amide bonds. The Morgan fingerprint density at radius 1 is 1.28 bits per heavy atom. The molecule has 4 rings (SSSR count). The summed E-state index contributed by atoms with van der Waals surface area (Å²) in [4.78, 5) is 9.48. The van der Waals surface area contributed by atoms with Crippen molar-refractivity contribution in [3.63, 3.8) is 0 Å². The van der Waals surface area contributed by atoms with Gasteiger partial charge in [0.1, 0.15) is 0 Å². The Morgan fingerprint density at radius 2 is 2.08 bits per heavy atom. The minimum Gasteiger partial charge on any atom is -0.334 e. The molecule has 0 aliphatic heterocycles. The third kappa shape index (κ3) is 3.04. The van der Waals surface area contributed by atoms with Crippen LogP contribution < -0.4 is 5.32 Å². The molecule has 1 saturated carbocycles. The lowest BCUT2D eigenvalue weighted by atomic mass is 10.1. The maximum atomic E-state index is 5.58. The van der Waals surface area contributed by atoms with E-state index >= 15 is 0 Å². The highest BCUT2D eigenvalue weighted by atomic mass is 16.5. The van der Waals surface area contributed by atoms with Gasteiger partial charge in [-0.2, -0.15) is 10.1 Å². The van der Waals surface area contributed by atoms with Crippen LogP contribution in [-0.4, -0.2) is 38.0 Å². The number of likely N-dealkylation sites (N-methyl/N-ethyl adjacent to an activating group) is 1. The lowest BCUT2D eigenvalue weighted by Gasteiger charge is -2.08. The molecule has 1 unspecified atom stereocenters. The molecule has 3 aromatic heterocycles. The molecule has 3 heterocycles. The van der Waals surface area contributed by atoms with Gasteiger partial charge in [-0.3, -0.25) is 0 Å². The monoisotopic (exact) mass is 340 g/mol. The van der Waals surface area contributed by atoms with Crippen LogP contribution in [0.1, 0.15) is 57.1 Å². The minimum absolute atomic E-state index is 0.252. The van der Waals surface area contributed by atoms with Gasteiger partial charge in [-0.05, 0) is 46.7 Å². The van der Waals surface area contributed by atoms with Crippen LogP contribution in [0.15, 0.2) is 16.8 Å². The first-order valence-electron chi connectivity index (χ1n) is 8.95. The van der Waals surface area contributed by atoms with Crippen LogP contribution in [0, 0.1) is 0 Å². The fraction of sp³-hybridized carbons (Fsp3) is 0.556. The van der Waals surface area contributed by atoms with Gasteiger partial charge in [0.15, 0.2) is 11.5 Å². The molecule has 132 valence electrons. The molecular weight excluding hydrogens is 316 g/mol. The standard InChI is InChI=1S/C18H24N6O/c1-10(2)24-17-14(9-20-24)13(8-15(21-17)12-5-6-12)18-22-16(23-25-18)7-11(3)19-4/h8-12,19H,5-7H2,1-4H3. The van der Waals surface area contributed by atoms with Gasteiger partial charge in [0.25, 0.3) is 5.89 Å². The highest BCUT2D eigenvalue weighted by molar-refractivity contribution is 5.90. The molecule has 1 fully saturated rings. The molecule has 1 atom stereocenters. The van der Waals surface area contributed by atoms with Crippen LogP contribution in [0.3, 0.4) is 0 Å². The Labute approximate surface area is 146 Å². The predicted molar refractivity (Wildman–Crippen MR) is 95.4 cm³/mol. The smallest absolute Gasteiger partial charge is 0.258 e. The summed E-state index contributed by atoms with van der Waals surface area (Å²) in [6, 6.07) is 2.65.